The highest BCUT2D eigenvalue weighted by Gasteiger charge is 2.40. The van der Waals surface area contributed by atoms with Gasteiger partial charge in [-0.2, -0.15) is 11.8 Å². The van der Waals surface area contributed by atoms with Gasteiger partial charge in [-0.3, -0.25) is 9.59 Å². The van der Waals surface area contributed by atoms with Crippen LogP contribution in [0.4, 0.5) is 0 Å². The van der Waals surface area contributed by atoms with Gasteiger partial charge in [0.1, 0.15) is 0 Å². The molecule has 0 saturated carbocycles. The van der Waals surface area contributed by atoms with Gasteiger partial charge in [0.05, 0.1) is 12.1 Å². The highest BCUT2D eigenvalue weighted by Crippen LogP contribution is 2.35. The number of nitrogens with one attached hydrogen (secondary N) is 1. The van der Waals surface area contributed by atoms with Crippen LogP contribution in [0, 0.1) is 0 Å². The third kappa shape index (κ3) is 3.60. The van der Waals surface area contributed by atoms with Crippen LogP contribution in [0.5, 0.6) is 0 Å². The summed E-state index contributed by atoms with van der Waals surface area (Å²) in [6, 6.07) is 0.564. The number of hydroxylamine groups is 2. The first-order valence-corrected chi connectivity index (χ1v) is 8.87. The van der Waals surface area contributed by atoms with E-state index in [1.54, 1.807) is 0 Å². The third-order valence-electron chi connectivity index (χ3n) is 4.22. The molecule has 0 aromatic carbocycles. The minimum absolute atomic E-state index is 0.116. The van der Waals surface area contributed by atoms with Crippen molar-refractivity contribution in [3.05, 3.63) is 0 Å². The minimum atomic E-state index is -0.532. The van der Waals surface area contributed by atoms with E-state index in [2.05, 4.69) is 10.3 Å². The predicted octanol–water partition coefficient (Wildman–Crippen LogP) is -0.0755. The van der Waals surface area contributed by atoms with Crippen LogP contribution in [0.25, 0.3) is 0 Å². The van der Waals surface area contributed by atoms with Crippen molar-refractivity contribution in [2.45, 2.75) is 55.9 Å². The summed E-state index contributed by atoms with van der Waals surface area (Å²) >= 11 is 1.88. The van der Waals surface area contributed by atoms with Crippen molar-refractivity contribution in [1.82, 2.24) is 10.4 Å². The summed E-state index contributed by atoms with van der Waals surface area (Å²) < 4.78 is 0. The fourth-order valence-electron chi connectivity index (χ4n) is 3.05. The van der Waals surface area contributed by atoms with Crippen molar-refractivity contribution in [2.75, 3.05) is 5.75 Å². The number of carbonyl (C=O) groups excluding carboxylic acids is 3. The molecule has 3 aliphatic rings. The van der Waals surface area contributed by atoms with Crippen molar-refractivity contribution < 1.29 is 19.2 Å². The monoisotopic (exact) mass is 340 g/mol. The zero-order chi connectivity index (χ0) is 16.4. The smallest absolute Gasteiger partial charge is 0.333 e. The molecular weight excluding hydrogens is 320 g/mol. The number of nitrogens with two attached hydrogens (primary N) is 1. The van der Waals surface area contributed by atoms with Crippen LogP contribution in [-0.4, -0.2) is 51.9 Å². The van der Waals surface area contributed by atoms with Gasteiger partial charge in [0.25, 0.3) is 11.8 Å². The first-order chi connectivity index (χ1) is 11.0. The van der Waals surface area contributed by atoms with Crippen LogP contribution in [-0.2, 0) is 19.2 Å². The maximum Gasteiger partial charge on any atom is 0.333 e. The van der Waals surface area contributed by atoms with E-state index in [0.717, 1.165) is 18.6 Å². The SMILES string of the molecule is NC1=N[C@H]2[C@@H](CS[C@@H]2CCCCC(=O)ON2C(=O)CCC2=O)N1. The molecule has 0 aromatic rings. The van der Waals surface area contributed by atoms with E-state index in [1.165, 1.54) is 0 Å². The van der Waals surface area contributed by atoms with Gasteiger partial charge < -0.3 is 15.9 Å². The largest absolute Gasteiger partial charge is 0.370 e. The van der Waals surface area contributed by atoms with Gasteiger partial charge in [-0.25, -0.2) is 9.79 Å². The summed E-state index contributed by atoms with van der Waals surface area (Å²) in [5.74, 6) is 0.104. The average molecular weight is 340 g/mol. The number of hydrogen-bond donors (Lipinski definition) is 2. The predicted molar refractivity (Wildman–Crippen MR) is 84.2 cm³/mol. The Hall–Kier alpha value is -1.77. The number of unbranched alkanes of at least 4 members (excludes halogenated alkanes) is 1. The number of guanidine groups is 1. The van der Waals surface area contributed by atoms with Crippen LogP contribution in [0.15, 0.2) is 4.99 Å². The summed E-state index contributed by atoms with van der Waals surface area (Å²) in [5, 5.41) is 4.19. The summed E-state index contributed by atoms with van der Waals surface area (Å²) in [7, 11) is 0. The Balaban J connectivity index is 1.35. The van der Waals surface area contributed by atoms with Gasteiger partial charge in [0.2, 0.25) is 0 Å². The van der Waals surface area contributed by atoms with Gasteiger partial charge in [-0.15, -0.1) is 5.06 Å². The van der Waals surface area contributed by atoms with Crippen molar-refractivity contribution in [2.24, 2.45) is 10.7 Å². The number of rotatable bonds is 6. The summed E-state index contributed by atoms with van der Waals surface area (Å²) in [6.07, 6.45) is 2.92. The topological polar surface area (TPSA) is 114 Å². The highest BCUT2D eigenvalue weighted by atomic mass is 32.2. The molecule has 0 aromatic heterocycles. The Morgan fingerprint density at radius 3 is 2.83 bits per heavy atom. The van der Waals surface area contributed by atoms with E-state index < -0.39 is 17.8 Å². The molecule has 9 heteroatoms. The molecule has 0 bridgehead atoms. The molecule has 3 rings (SSSR count). The van der Waals surface area contributed by atoms with Gasteiger partial charge in [0, 0.05) is 30.3 Å². The third-order valence-corrected chi connectivity index (χ3v) is 5.72. The van der Waals surface area contributed by atoms with E-state index in [0.29, 0.717) is 28.7 Å². The van der Waals surface area contributed by atoms with Gasteiger partial charge in [0.15, 0.2) is 5.96 Å². The van der Waals surface area contributed by atoms with Gasteiger partial charge in [-0.05, 0) is 12.8 Å². The molecule has 3 aliphatic heterocycles. The molecule has 3 atom stereocenters. The molecule has 0 aliphatic carbocycles. The average Bonchev–Trinajstić information content (AvgIpc) is 3.14. The second kappa shape index (κ2) is 6.77. The van der Waals surface area contributed by atoms with E-state index in [1.807, 2.05) is 11.8 Å². The summed E-state index contributed by atoms with van der Waals surface area (Å²) in [4.78, 5) is 43.6. The van der Waals surface area contributed by atoms with E-state index in [9.17, 15) is 14.4 Å². The van der Waals surface area contributed by atoms with Crippen molar-refractivity contribution in [3.8, 4) is 0 Å². The molecule has 8 nitrogen and oxygen atoms in total. The lowest BCUT2D eigenvalue weighted by Crippen LogP contribution is -2.38. The summed E-state index contributed by atoms with van der Waals surface area (Å²) in [6.45, 7) is 0. The van der Waals surface area contributed by atoms with E-state index >= 15 is 0 Å². The number of carbonyl (C=O) groups is 3. The maximum absolute atomic E-state index is 11.7. The van der Waals surface area contributed by atoms with Crippen LogP contribution in [0.2, 0.25) is 0 Å². The lowest BCUT2D eigenvalue weighted by molar-refractivity contribution is -0.197. The van der Waals surface area contributed by atoms with Crippen molar-refractivity contribution >= 4 is 35.5 Å². The Bertz CT molecular complexity index is 537. The Morgan fingerprint density at radius 1 is 1.35 bits per heavy atom. The first kappa shape index (κ1) is 16.1. The second-order valence-electron chi connectivity index (χ2n) is 5.92. The number of thioether (sulfide) groups is 1. The molecule has 2 fully saturated rings. The molecule has 0 spiro atoms. The number of amides is 2. The molecule has 0 radical (unpaired) electrons. The molecule has 3 heterocycles. The van der Waals surface area contributed by atoms with Crippen LogP contribution in [0.3, 0.4) is 0 Å². The van der Waals surface area contributed by atoms with Gasteiger partial charge >= 0.3 is 5.97 Å². The molecule has 23 heavy (non-hydrogen) atoms. The molecule has 2 amide bonds. The van der Waals surface area contributed by atoms with Crippen molar-refractivity contribution in [1.29, 1.82) is 0 Å². The lowest BCUT2D eigenvalue weighted by atomic mass is 10.0. The molecule has 3 N–H and O–H groups in total. The Labute approximate surface area is 138 Å². The second-order valence-corrected chi connectivity index (χ2v) is 7.19. The highest BCUT2D eigenvalue weighted by molar-refractivity contribution is 8.00. The normalized spacial score (nSPS) is 29.5. The maximum atomic E-state index is 11.7. The minimum Gasteiger partial charge on any atom is -0.370 e. The van der Waals surface area contributed by atoms with Crippen LogP contribution in [0.1, 0.15) is 38.5 Å². The fourth-order valence-corrected chi connectivity index (χ4v) is 4.56. The molecule has 126 valence electrons. The van der Waals surface area contributed by atoms with Crippen LogP contribution < -0.4 is 11.1 Å². The van der Waals surface area contributed by atoms with Crippen molar-refractivity contribution in [3.63, 3.8) is 0 Å². The van der Waals surface area contributed by atoms with E-state index in [-0.39, 0.29) is 25.3 Å². The number of fused-ring (bicyclic) bond motifs is 1. The molecular formula is C14H20N4O4S. The zero-order valence-corrected chi connectivity index (χ0v) is 13.5. The quantitative estimate of drug-likeness (QED) is 0.513. The zero-order valence-electron chi connectivity index (χ0n) is 12.7. The standard InChI is InChI=1S/C14H20N4O4S/c15-14-16-8-7-23-9(13(8)17-14)3-1-2-4-12(21)22-18-10(19)5-6-11(18)20/h8-9,13H,1-7H2,(H3,15,16,17)/t8-,9-,13+/m1/s1. The van der Waals surface area contributed by atoms with E-state index in [4.69, 9.17) is 10.6 Å². The molecule has 0 unspecified atom stereocenters. The van der Waals surface area contributed by atoms with Gasteiger partial charge in [-0.1, -0.05) is 6.42 Å². The summed E-state index contributed by atoms with van der Waals surface area (Å²) in [5.41, 5.74) is 5.69. The Morgan fingerprint density at radius 2 is 2.09 bits per heavy atom. The molecule has 2 saturated heterocycles. The number of aliphatic imine (C=N–C) groups is 1. The first-order valence-electron chi connectivity index (χ1n) is 7.82. The number of nitrogens with zero attached hydrogens (tertiary/aromatic N) is 2. The number of hydrogen-bond acceptors (Lipinski definition) is 8. The lowest BCUT2D eigenvalue weighted by Gasteiger charge is -2.15. The Kier molecular flexibility index (Phi) is 4.74. The number of imide groups is 1. The fraction of sp³-hybridized carbons (Fsp3) is 0.714. The van der Waals surface area contributed by atoms with Crippen LogP contribution >= 0.6 is 11.8 Å².